The van der Waals surface area contributed by atoms with E-state index in [1.54, 1.807) is 13.2 Å². The average Bonchev–Trinajstić information content (AvgIpc) is 2.44. The minimum absolute atomic E-state index is 0.0512. The van der Waals surface area contributed by atoms with Crippen molar-refractivity contribution in [2.24, 2.45) is 5.92 Å². The van der Waals surface area contributed by atoms with Crippen molar-refractivity contribution in [3.05, 3.63) is 24.3 Å². The summed E-state index contributed by atoms with van der Waals surface area (Å²) in [5, 5.41) is 2.89. The van der Waals surface area contributed by atoms with E-state index in [1.807, 2.05) is 25.1 Å². The fourth-order valence-corrected chi connectivity index (χ4v) is 2.13. The summed E-state index contributed by atoms with van der Waals surface area (Å²) in [7, 11) is 1.67. The fourth-order valence-electron chi connectivity index (χ4n) is 2.13. The van der Waals surface area contributed by atoms with Gasteiger partial charge in [0.1, 0.15) is 0 Å². The van der Waals surface area contributed by atoms with E-state index in [4.69, 9.17) is 10.5 Å². The molecule has 1 rings (SSSR count). The zero-order valence-corrected chi connectivity index (χ0v) is 13.4. The monoisotopic (exact) mass is 293 g/mol. The van der Waals surface area contributed by atoms with Crippen LogP contribution >= 0.6 is 0 Å². The number of benzene rings is 1. The molecule has 1 unspecified atom stereocenters. The summed E-state index contributed by atoms with van der Waals surface area (Å²) in [6.45, 7) is 8.37. The Morgan fingerprint density at radius 1 is 1.33 bits per heavy atom. The highest BCUT2D eigenvalue weighted by Crippen LogP contribution is 2.17. The standard InChI is InChI=1S/C16H27N3O2/c1-12(2)11-19(9-10-21-4)13(3)16(20)18-15-8-6-5-7-14(15)17/h5-8,12-13H,9-11,17H2,1-4H3,(H,18,20). The molecule has 0 heterocycles. The second-order valence-corrected chi connectivity index (χ2v) is 5.63. The van der Waals surface area contributed by atoms with Crippen molar-refractivity contribution in [1.82, 2.24) is 4.90 Å². The Hall–Kier alpha value is -1.59. The summed E-state index contributed by atoms with van der Waals surface area (Å²) in [4.78, 5) is 14.5. The number of hydrogen-bond acceptors (Lipinski definition) is 4. The topological polar surface area (TPSA) is 67.6 Å². The third kappa shape index (κ3) is 5.73. The van der Waals surface area contributed by atoms with Gasteiger partial charge in [-0.05, 0) is 25.0 Å². The summed E-state index contributed by atoms with van der Waals surface area (Å²) in [5.41, 5.74) is 7.09. The SMILES string of the molecule is COCCN(CC(C)C)C(C)C(=O)Nc1ccccc1N. The minimum atomic E-state index is -0.234. The summed E-state index contributed by atoms with van der Waals surface area (Å²) < 4.78 is 5.13. The molecule has 1 aromatic rings. The smallest absolute Gasteiger partial charge is 0.241 e. The molecule has 1 aromatic carbocycles. The van der Waals surface area contributed by atoms with Crippen molar-refractivity contribution in [3.63, 3.8) is 0 Å². The summed E-state index contributed by atoms with van der Waals surface area (Å²) in [5.74, 6) is 0.434. The number of methoxy groups -OCH3 is 1. The lowest BCUT2D eigenvalue weighted by atomic mass is 10.1. The molecule has 5 heteroatoms. The maximum absolute atomic E-state index is 12.4. The van der Waals surface area contributed by atoms with Crippen molar-refractivity contribution in [1.29, 1.82) is 0 Å². The highest BCUT2D eigenvalue weighted by molar-refractivity contribution is 5.97. The molecule has 0 aromatic heterocycles. The van der Waals surface area contributed by atoms with Crippen LogP contribution in [0.1, 0.15) is 20.8 Å². The largest absolute Gasteiger partial charge is 0.397 e. The van der Waals surface area contributed by atoms with Crippen LogP contribution in [-0.2, 0) is 9.53 Å². The van der Waals surface area contributed by atoms with Gasteiger partial charge in [-0.15, -0.1) is 0 Å². The molecule has 0 saturated heterocycles. The highest BCUT2D eigenvalue weighted by atomic mass is 16.5. The van der Waals surface area contributed by atoms with Gasteiger partial charge in [-0.25, -0.2) is 0 Å². The van der Waals surface area contributed by atoms with E-state index < -0.39 is 0 Å². The summed E-state index contributed by atoms with van der Waals surface area (Å²) >= 11 is 0. The van der Waals surface area contributed by atoms with E-state index in [0.717, 1.165) is 13.1 Å². The Morgan fingerprint density at radius 3 is 2.57 bits per heavy atom. The van der Waals surface area contributed by atoms with Crippen molar-refractivity contribution in [3.8, 4) is 0 Å². The number of amides is 1. The number of para-hydroxylation sites is 2. The van der Waals surface area contributed by atoms with E-state index in [2.05, 4.69) is 24.1 Å². The maximum atomic E-state index is 12.4. The maximum Gasteiger partial charge on any atom is 0.241 e. The number of carbonyl (C=O) groups excluding carboxylic acids is 1. The van der Waals surface area contributed by atoms with Gasteiger partial charge in [0.05, 0.1) is 24.0 Å². The molecule has 0 bridgehead atoms. The number of carbonyl (C=O) groups is 1. The number of hydrogen-bond donors (Lipinski definition) is 2. The predicted molar refractivity (Wildman–Crippen MR) is 87.2 cm³/mol. The lowest BCUT2D eigenvalue weighted by Crippen LogP contribution is -2.45. The van der Waals surface area contributed by atoms with Crippen molar-refractivity contribution in [2.75, 3.05) is 37.9 Å². The molecule has 5 nitrogen and oxygen atoms in total. The zero-order chi connectivity index (χ0) is 15.8. The Bertz CT molecular complexity index is 449. The number of nitrogen functional groups attached to an aromatic ring is 1. The lowest BCUT2D eigenvalue weighted by molar-refractivity contribution is -0.121. The number of nitrogens with zero attached hydrogens (tertiary/aromatic N) is 1. The van der Waals surface area contributed by atoms with Crippen molar-refractivity contribution in [2.45, 2.75) is 26.8 Å². The van der Waals surface area contributed by atoms with Gasteiger partial charge in [-0.3, -0.25) is 9.69 Å². The fraction of sp³-hybridized carbons (Fsp3) is 0.562. The van der Waals surface area contributed by atoms with Crippen molar-refractivity contribution >= 4 is 17.3 Å². The molecule has 0 radical (unpaired) electrons. The minimum Gasteiger partial charge on any atom is -0.397 e. The number of ether oxygens (including phenoxy) is 1. The van der Waals surface area contributed by atoms with Gasteiger partial charge in [0, 0.05) is 20.2 Å². The average molecular weight is 293 g/mol. The first-order chi connectivity index (χ1) is 9.95. The van der Waals surface area contributed by atoms with Crippen LogP contribution in [0, 0.1) is 5.92 Å². The Morgan fingerprint density at radius 2 is 2.00 bits per heavy atom. The lowest BCUT2D eigenvalue weighted by Gasteiger charge is -2.29. The van der Waals surface area contributed by atoms with E-state index in [9.17, 15) is 4.79 Å². The molecule has 0 aliphatic rings. The molecule has 0 saturated carbocycles. The van der Waals surface area contributed by atoms with Crippen LogP contribution in [0.2, 0.25) is 0 Å². The van der Waals surface area contributed by atoms with Crippen molar-refractivity contribution < 1.29 is 9.53 Å². The van der Waals surface area contributed by atoms with Gasteiger partial charge >= 0.3 is 0 Å². The van der Waals surface area contributed by atoms with Gasteiger partial charge in [0.2, 0.25) is 5.91 Å². The van der Waals surface area contributed by atoms with Gasteiger partial charge < -0.3 is 15.8 Å². The molecular formula is C16H27N3O2. The number of nitrogens with one attached hydrogen (secondary N) is 1. The second-order valence-electron chi connectivity index (χ2n) is 5.63. The molecule has 1 amide bonds. The zero-order valence-electron chi connectivity index (χ0n) is 13.4. The number of rotatable bonds is 8. The third-order valence-corrected chi connectivity index (χ3v) is 3.33. The van der Waals surface area contributed by atoms with Crippen LogP contribution in [0.4, 0.5) is 11.4 Å². The quantitative estimate of drug-likeness (QED) is 0.721. The molecule has 1 atom stereocenters. The number of anilines is 2. The van der Waals surface area contributed by atoms with Crippen LogP contribution in [0.15, 0.2) is 24.3 Å². The second kappa shape index (κ2) is 8.64. The van der Waals surface area contributed by atoms with Gasteiger partial charge in [0.25, 0.3) is 0 Å². The van der Waals surface area contributed by atoms with Gasteiger partial charge in [0.15, 0.2) is 0 Å². The predicted octanol–water partition coefficient (Wildman–Crippen LogP) is 2.20. The highest BCUT2D eigenvalue weighted by Gasteiger charge is 2.22. The summed E-state index contributed by atoms with van der Waals surface area (Å²) in [6.07, 6.45) is 0. The van der Waals surface area contributed by atoms with Crippen LogP contribution in [0.5, 0.6) is 0 Å². The molecule has 21 heavy (non-hydrogen) atoms. The Kier molecular flexibility index (Phi) is 7.19. The first-order valence-corrected chi connectivity index (χ1v) is 7.34. The van der Waals surface area contributed by atoms with Gasteiger partial charge in [-0.2, -0.15) is 0 Å². The molecule has 3 N–H and O–H groups in total. The van der Waals surface area contributed by atoms with Crippen LogP contribution in [0.3, 0.4) is 0 Å². The van der Waals surface area contributed by atoms with E-state index in [1.165, 1.54) is 0 Å². The molecule has 0 aliphatic carbocycles. The molecule has 0 aliphatic heterocycles. The first-order valence-electron chi connectivity index (χ1n) is 7.34. The Labute approximate surface area is 127 Å². The molecule has 118 valence electrons. The van der Waals surface area contributed by atoms with E-state index in [0.29, 0.717) is 23.9 Å². The molecule has 0 spiro atoms. The molecule has 0 fully saturated rings. The van der Waals surface area contributed by atoms with Crippen LogP contribution in [-0.4, -0.2) is 43.7 Å². The summed E-state index contributed by atoms with van der Waals surface area (Å²) in [6, 6.07) is 7.05. The van der Waals surface area contributed by atoms with Gasteiger partial charge in [-0.1, -0.05) is 26.0 Å². The van der Waals surface area contributed by atoms with E-state index in [-0.39, 0.29) is 11.9 Å². The third-order valence-electron chi connectivity index (χ3n) is 3.33. The normalized spacial score (nSPS) is 12.7. The Balaban J connectivity index is 2.70. The van der Waals surface area contributed by atoms with E-state index >= 15 is 0 Å². The number of nitrogens with two attached hydrogens (primary N) is 1. The first kappa shape index (κ1) is 17.5. The van der Waals surface area contributed by atoms with Crippen LogP contribution < -0.4 is 11.1 Å². The van der Waals surface area contributed by atoms with Crippen LogP contribution in [0.25, 0.3) is 0 Å². The molecular weight excluding hydrogens is 266 g/mol.